The van der Waals surface area contributed by atoms with Gasteiger partial charge in [-0.3, -0.25) is 19.9 Å². The fraction of sp³-hybridized carbons (Fsp3) is 0.333. The third-order valence-corrected chi connectivity index (χ3v) is 5.78. The van der Waals surface area contributed by atoms with E-state index in [-0.39, 0.29) is 5.56 Å². The molecule has 8 nitrogen and oxygen atoms in total. The van der Waals surface area contributed by atoms with E-state index in [0.29, 0.717) is 17.7 Å². The Morgan fingerprint density at radius 3 is 2.16 bits per heavy atom. The van der Waals surface area contributed by atoms with Gasteiger partial charge >= 0.3 is 18.4 Å². The molecule has 2 amide bonds. The summed E-state index contributed by atoms with van der Waals surface area (Å²) in [5, 5.41) is 4.25. The van der Waals surface area contributed by atoms with Crippen molar-refractivity contribution in [3.63, 3.8) is 0 Å². The highest BCUT2D eigenvalue weighted by molar-refractivity contribution is 6.12. The summed E-state index contributed by atoms with van der Waals surface area (Å²) in [6, 6.07) is 9.00. The number of nitrogens with zero attached hydrogens (tertiary/aromatic N) is 1. The van der Waals surface area contributed by atoms with E-state index in [2.05, 4.69) is 20.4 Å². The number of pyridine rings is 1. The van der Waals surface area contributed by atoms with Crippen molar-refractivity contribution < 1.29 is 50.2 Å². The molecule has 0 spiro atoms. The van der Waals surface area contributed by atoms with E-state index in [1.807, 2.05) is 13.0 Å². The molecule has 0 saturated heterocycles. The molecule has 0 radical (unpaired) electrons. The van der Waals surface area contributed by atoms with Crippen molar-refractivity contribution in [1.82, 2.24) is 4.98 Å². The minimum atomic E-state index is -5.22. The normalized spacial score (nSPS) is 12.0. The Bertz CT molecular complexity index is 1560. The summed E-state index contributed by atoms with van der Waals surface area (Å²) in [7, 11) is 0. The highest BCUT2D eigenvalue weighted by Crippen LogP contribution is 2.42. The maximum Gasteiger partial charge on any atom is 0.422 e. The molecule has 3 aromatic rings. The molecule has 1 aromatic heterocycles. The van der Waals surface area contributed by atoms with Crippen LogP contribution in [0.15, 0.2) is 48.7 Å². The number of carbonyl (C=O) groups excluding carboxylic acids is 3. The van der Waals surface area contributed by atoms with Crippen molar-refractivity contribution in [3.8, 4) is 16.9 Å². The number of hydrogen-bond acceptors (Lipinski definition) is 6. The van der Waals surface area contributed by atoms with Gasteiger partial charge in [-0.1, -0.05) is 18.2 Å². The first-order valence-electron chi connectivity index (χ1n) is 13.0. The Hall–Kier alpha value is -4.62. The zero-order chi connectivity index (χ0) is 33.0. The van der Waals surface area contributed by atoms with Crippen LogP contribution < -0.4 is 15.4 Å². The molecule has 0 fully saturated rings. The molecule has 2 aromatic carbocycles. The van der Waals surface area contributed by atoms with Crippen LogP contribution in [0.25, 0.3) is 11.1 Å². The second kappa shape index (κ2) is 12.9. The van der Waals surface area contributed by atoms with E-state index >= 15 is 0 Å². The maximum atomic E-state index is 13.8. The van der Waals surface area contributed by atoms with E-state index in [0.717, 1.165) is 16.8 Å². The second-order valence-corrected chi connectivity index (χ2v) is 10.8. The van der Waals surface area contributed by atoms with Gasteiger partial charge in [-0.05, 0) is 69.5 Å². The number of benzene rings is 2. The molecule has 0 atom stereocenters. The summed E-state index contributed by atoms with van der Waals surface area (Å²) in [5.41, 5.74) is -0.721. The van der Waals surface area contributed by atoms with Gasteiger partial charge in [0, 0.05) is 23.5 Å². The van der Waals surface area contributed by atoms with Crippen LogP contribution in [-0.4, -0.2) is 41.2 Å². The first-order valence-corrected chi connectivity index (χ1v) is 13.0. The first-order chi connectivity index (χ1) is 20.2. The second-order valence-electron chi connectivity index (χ2n) is 10.8. The Balaban J connectivity index is 1.93. The van der Waals surface area contributed by atoms with E-state index in [1.165, 1.54) is 26.8 Å². The van der Waals surface area contributed by atoms with Crippen LogP contribution in [-0.2, 0) is 15.7 Å². The number of Topliss-reactive ketones (excluding diaryl/α,β-unsaturated/α-hetero) is 1. The summed E-state index contributed by atoms with van der Waals surface area (Å²) >= 11 is 0. The van der Waals surface area contributed by atoms with Crippen molar-refractivity contribution >= 4 is 29.2 Å². The molecule has 0 aliphatic heterocycles. The smallest absolute Gasteiger partial charge is 0.422 e. The largest absolute Gasteiger partial charge is 0.483 e. The molecular formula is C30H29F6N3O5. The molecule has 2 N–H and O–H groups in total. The predicted molar refractivity (Wildman–Crippen MR) is 150 cm³/mol. The summed E-state index contributed by atoms with van der Waals surface area (Å²) in [5.74, 6) is -2.98. The lowest BCUT2D eigenvalue weighted by atomic mass is 9.97. The average Bonchev–Trinajstić information content (AvgIpc) is 2.87. The quantitative estimate of drug-likeness (QED) is 0.150. The number of anilines is 2. The van der Waals surface area contributed by atoms with Gasteiger partial charge in [-0.2, -0.15) is 26.3 Å². The van der Waals surface area contributed by atoms with Crippen LogP contribution in [0, 0.1) is 13.8 Å². The molecule has 0 saturated carbocycles. The van der Waals surface area contributed by atoms with Gasteiger partial charge in [0.15, 0.2) is 12.4 Å². The number of nitrogens with one attached hydrogen (secondary N) is 2. The zero-order valence-corrected chi connectivity index (χ0v) is 24.3. The lowest BCUT2D eigenvalue weighted by Gasteiger charge is -2.22. The van der Waals surface area contributed by atoms with E-state index in [1.54, 1.807) is 31.3 Å². The lowest BCUT2D eigenvalue weighted by molar-refractivity contribution is -0.158. The SMILES string of the molecule is Cc1cc(-c2cccc(C(=O)CC(=O)Nc3cc(C(F)(F)F)c(OCC(F)(F)F)cc3NC(=O)OC(C)(C)C)c2)c(C)cn1. The Labute approximate surface area is 248 Å². The molecule has 1 heterocycles. The molecule has 3 rings (SSSR count). The van der Waals surface area contributed by atoms with Gasteiger partial charge < -0.3 is 14.8 Å². The minimum Gasteiger partial charge on any atom is -0.483 e. The highest BCUT2D eigenvalue weighted by atomic mass is 19.4. The van der Waals surface area contributed by atoms with Gasteiger partial charge in [-0.25, -0.2) is 4.79 Å². The minimum absolute atomic E-state index is 0.144. The number of ketones is 1. The Morgan fingerprint density at radius 2 is 1.55 bits per heavy atom. The molecule has 44 heavy (non-hydrogen) atoms. The zero-order valence-electron chi connectivity index (χ0n) is 24.3. The summed E-state index contributed by atoms with van der Waals surface area (Å²) in [6.45, 7) is 6.07. The van der Waals surface area contributed by atoms with Gasteiger partial charge in [0.1, 0.15) is 11.4 Å². The number of amides is 2. The fourth-order valence-electron chi connectivity index (χ4n) is 3.94. The number of ether oxygens (including phenoxy) is 2. The van der Waals surface area contributed by atoms with Crippen LogP contribution in [0.4, 0.5) is 42.5 Å². The molecular weight excluding hydrogens is 596 g/mol. The molecule has 0 aliphatic carbocycles. The van der Waals surface area contributed by atoms with E-state index < -0.39 is 71.5 Å². The Kier molecular flexibility index (Phi) is 9.96. The fourth-order valence-corrected chi connectivity index (χ4v) is 3.94. The molecule has 0 unspecified atom stereocenters. The predicted octanol–water partition coefficient (Wildman–Crippen LogP) is 7.88. The number of carbonyl (C=O) groups is 3. The number of alkyl halides is 6. The maximum absolute atomic E-state index is 13.8. The van der Waals surface area contributed by atoms with Crippen molar-refractivity contribution in [3.05, 3.63) is 71.0 Å². The van der Waals surface area contributed by atoms with Gasteiger partial charge in [0.05, 0.1) is 23.4 Å². The van der Waals surface area contributed by atoms with E-state index in [4.69, 9.17) is 4.74 Å². The first kappa shape index (κ1) is 33.9. The summed E-state index contributed by atoms with van der Waals surface area (Å²) in [6.07, 6.45) is -10.5. The van der Waals surface area contributed by atoms with Crippen LogP contribution in [0.5, 0.6) is 5.75 Å². The summed E-state index contributed by atoms with van der Waals surface area (Å²) in [4.78, 5) is 42.5. The molecule has 236 valence electrons. The van der Waals surface area contributed by atoms with Crippen LogP contribution in [0.3, 0.4) is 0 Å². The van der Waals surface area contributed by atoms with Crippen molar-refractivity contribution in [2.24, 2.45) is 0 Å². The Morgan fingerprint density at radius 1 is 0.886 bits per heavy atom. The summed E-state index contributed by atoms with van der Waals surface area (Å²) < 4.78 is 89.2. The number of hydrogen-bond donors (Lipinski definition) is 2. The van der Waals surface area contributed by atoms with E-state index in [9.17, 15) is 40.7 Å². The lowest BCUT2D eigenvalue weighted by Crippen LogP contribution is -2.28. The molecule has 0 aliphatic rings. The third kappa shape index (κ3) is 9.71. The standard InChI is InChI=1S/C30H29F6N3O5/c1-16-14-37-17(2)9-20(16)18-7-6-8-19(10-18)24(40)13-26(41)38-22-11-21(30(34,35)36)25(43-15-29(31,32)33)12-23(22)39-27(42)44-28(3,4)5/h6-12,14H,13,15H2,1-5H3,(H,38,41)(H,39,42). The van der Waals surface area contributed by atoms with Crippen LogP contribution in [0.1, 0.15) is 54.4 Å². The third-order valence-electron chi connectivity index (χ3n) is 5.78. The number of rotatable bonds is 8. The van der Waals surface area contributed by atoms with Gasteiger partial charge in [-0.15, -0.1) is 0 Å². The van der Waals surface area contributed by atoms with Gasteiger partial charge in [0.2, 0.25) is 5.91 Å². The topological polar surface area (TPSA) is 107 Å². The van der Waals surface area contributed by atoms with Gasteiger partial charge in [0.25, 0.3) is 0 Å². The highest BCUT2D eigenvalue weighted by Gasteiger charge is 2.38. The van der Waals surface area contributed by atoms with Crippen molar-refractivity contribution in [2.45, 2.75) is 59.0 Å². The van der Waals surface area contributed by atoms with Crippen molar-refractivity contribution in [1.29, 1.82) is 0 Å². The van der Waals surface area contributed by atoms with Crippen LogP contribution in [0.2, 0.25) is 0 Å². The van der Waals surface area contributed by atoms with Crippen LogP contribution >= 0.6 is 0 Å². The van der Waals surface area contributed by atoms with Crippen molar-refractivity contribution in [2.75, 3.05) is 17.2 Å². The molecule has 14 heteroatoms. The number of aryl methyl sites for hydroxylation is 2. The number of aromatic nitrogens is 1. The average molecular weight is 626 g/mol. The number of halogens is 6. The molecule has 0 bridgehead atoms. The monoisotopic (exact) mass is 625 g/mol.